The van der Waals surface area contributed by atoms with Crippen LogP contribution < -0.4 is 5.73 Å². The molecule has 1 fully saturated rings. The van der Waals surface area contributed by atoms with E-state index in [0.29, 0.717) is 12.3 Å². The third-order valence-electron chi connectivity index (χ3n) is 3.04. The SMILES string of the molecule is C#CCC(N)C(=O)C1CCCC(C)C1. The highest BCUT2D eigenvalue weighted by Gasteiger charge is 2.27. The van der Waals surface area contributed by atoms with Gasteiger partial charge in [0.1, 0.15) is 0 Å². The van der Waals surface area contributed by atoms with Gasteiger partial charge in [0.2, 0.25) is 0 Å². The van der Waals surface area contributed by atoms with Gasteiger partial charge in [-0.2, -0.15) is 0 Å². The van der Waals surface area contributed by atoms with E-state index in [0.717, 1.165) is 19.3 Å². The van der Waals surface area contributed by atoms with Crippen molar-refractivity contribution in [1.29, 1.82) is 0 Å². The molecule has 0 aromatic rings. The van der Waals surface area contributed by atoms with Crippen molar-refractivity contribution in [3.63, 3.8) is 0 Å². The number of carbonyl (C=O) groups is 1. The first-order chi connectivity index (χ1) is 6.65. The number of terminal acetylenes is 1. The van der Waals surface area contributed by atoms with Gasteiger partial charge < -0.3 is 5.73 Å². The lowest BCUT2D eigenvalue weighted by molar-refractivity contribution is -0.125. The Kier molecular flexibility index (Phi) is 4.16. The number of Topliss-reactive ketones (excluding diaryl/α,β-unsaturated/α-hetero) is 1. The smallest absolute Gasteiger partial charge is 0.153 e. The van der Waals surface area contributed by atoms with Gasteiger partial charge in [-0.3, -0.25) is 4.79 Å². The molecule has 0 saturated heterocycles. The summed E-state index contributed by atoms with van der Waals surface area (Å²) in [5.74, 6) is 3.46. The first-order valence-corrected chi connectivity index (χ1v) is 5.38. The third-order valence-corrected chi connectivity index (χ3v) is 3.04. The molecule has 1 saturated carbocycles. The van der Waals surface area contributed by atoms with Crippen molar-refractivity contribution < 1.29 is 4.79 Å². The Hall–Kier alpha value is -0.810. The maximum atomic E-state index is 11.8. The summed E-state index contributed by atoms with van der Waals surface area (Å²) >= 11 is 0. The predicted molar refractivity (Wildman–Crippen MR) is 57.6 cm³/mol. The van der Waals surface area contributed by atoms with Crippen molar-refractivity contribution in [3.8, 4) is 12.3 Å². The Morgan fingerprint density at radius 2 is 2.36 bits per heavy atom. The summed E-state index contributed by atoms with van der Waals surface area (Å²) in [5, 5.41) is 0. The van der Waals surface area contributed by atoms with Gasteiger partial charge in [-0.25, -0.2) is 0 Å². The zero-order chi connectivity index (χ0) is 10.6. The van der Waals surface area contributed by atoms with Gasteiger partial charge in [0.15, 0.2) is 5.78 Å². The molecule has 0 amide bonds. The van der Waals surface area contributed by atoms with Gasteiger partial charge in [-0.15, -0.1) is 12.3 Å². The number of hydrogen-bond acceptors (Lipinski definition) is 2. The van der Waals surface area contributed by atoms with Crippen molar-refractivity contribution in [1.82, 2.24) is 0 Å². The van der Waals surface area contributed by atoms with Crippen LogP contribution >= 0.6 is 0 Å². The highest BCUT2D eigenvalue weighted by molar-refractivity contribution is 5.86. The second-order valence-corrected chi connectivity index (χ2v) is 4.39. The number of hydrogen-bond donors (Lipinski definition) is 1. The molecule has 0 aromatic carbocycles. The van der Waals surface area contributed by atoms with Crippen LogP contribution in [0.4, 0.5) is 0 Å². The van der Waals surface area contributed by atoms with Gasteiger partial charge in [-0.05, 0) is 18.8 Å². The van der Waals surface area contributed by atoms with Crippen molar-refractivity contribution in [2.24, 2.45) is 17.6 Å². The Morgan fingerprint density at radius 3 is 2.93 bits per heavy atom. The van der Waals surface area contributed by atoms with Crippen LogP contribution in [0, 0.1) is 24.2 Å². The van der Waals surface area contributed by atoms with E-state index in [4.69, 9.17) is 12.2 Å². The monoisotopic (exact) mass is 193 g/mol. The van der Waals surface area contributed by atoms with E-state index in [1.165, 1.54) is 6.42 Å². The first kappa shape index (κ1) is 11.3. The fraction of sp³-hybridized carbons (Fsp3) is 0.750. The van der Waals surface area contributed by atoms with Gasteiger partial charge in [0.05, 0.1) is 6.04 Å². The van der Waals surface area contributed by atoms with Crippen LogP contribution in [-0.4, -0.2) is 11.8 Å². The second kappa shape index (κ2) is 5.17. The molecule has 1 rings (SSSR count). The average molecular weight is 193 g/mol. The fourth-order valence-electron chi connectivity index (χ4n) is 2.22. The van der Waals surface area contributed by atoms with E-state index in [-0.39, 0.29) is 11.7 Å². The van der Waals surface area contributed by atoms with Gasteiger partial charge in [-0.1, -0.05) is 19.8 Å². The molecule has 3 atom stereocenters. The molecule has 1 aliphatic carbocycles. The summed E-state index contributed by atoms with van der Waals surface area (Å²) < 4.78 is 0. The molecule has 2 nitrogen and oxygen atoms in total. The van der Waals surface area contributed by atoms with Crippen molar-refractivity contribution in [2.45, 2.75) is 45.1 Å². The number of ketones is 1. The van der Waals surface area contributed by atoms with Gasteiger partial charge in [0.25, 0.3) is 0 Å². The van der Waals surface area contributed by atoms with E-state index < -0.39 is 6.04 Å². The topological polar surface area (TPSA) is 43.1 Å². The highest BCUT2D eigenvalue weighted by atomic mass is 16.1. The molecule has 14 heavy (non-hydrogen) atoms. The maximum Gasteiger partial charge on any atom is 0.153 e. The minimum Gasteiger partial charge on any atom is -0.321 e. The summed E-state index contributed by atoms with van der Waals surface area (Å²) in [6, 6.07) is -0.435. The Labute approximate surface area is 86.2 Å². The molecular weight excluding hydrogens is 174 g/mol. The minimum atomic E-state index is -0.435. The van der Waals surface area contributed by atoms with Gasteiger partial charge >= 0.3 is 0 Å². The number of nitrogens with two attached hydrogens (primary N) is 1. The zero-order valence-corrected chi connectivity index (χ0v) is 8.83. The van der Waals surface area contributed by atoms with E-state index in [2.05, 4.69) is 12.8 Å². The first-order valence-electron chi connectivity index (χ1n) is 5.38. The molecule has 78 valence electrons. The molecule has 0 bridgehead atoms. The average Bonchev–Trinajstić information content (AvgIpc) is 2.17. The van der Waals surface area contributed by atoms with E-state index in [9.17, 15) is 4.79 Å². The Bertz CT molecular complexity index is 241. The van der Waals surface area contributed by atoms with E-state index >= 15 is 0 Å². The summed E-state index contributed by atoms with van der Waals surface area (Å²) in [7, 11) is 0. The summed E-state index contributed by atoms with van der Waals surface area (Å²) in [5.41, 5.74) is 5.71. The van der Waals surface area contributed by atoms with Crippen LogP contribution in [-0.2, 0) is 4.79 Å². The van der Waals surface area contributed by atoms with E-state index in [1.807, 2.05) is 0 Å². The van der Waals surface area contributed by atoms with E-state index in [1.54, 1.807) is 0 Å². The lowest BCUT2D eigenvalue weighted by atomic mass is 9.78. The molecule has 0 spiro atoms. The molecule has 0 radical (unpaired) electrons. The van der Waals surface area contributed by atoms with Crippen LogP contribution in [0.1, 0.15) is 39.0 Å². The largest absolute Gasteiger partial charge is 0.321 e. The van der Waals surface area contributed by atoms with Crippen molar-refractivity contribution >= 4 is 5.78 Å². The molecule has 2 heteroatoms. The van der Waals surface area contributed by atoms with Crippen molar-refractivity contribution in [3.05, 3.63) is 0 Å². The fourth-order valence-corrected chi connectivity index (χ4v) is 2.22. The second-order valence-electron chi connectivity index (χ2n) is 4.39. The molecule has 3 unspecified atom stereocenters. The normalized spacial score (nSPS) is 29.2. The molecule has 0 aliphatic heterocycles. The molecule has 1 aliphatic rings. The summed E-state index contributed by atoms with van der Waals surface area (Å²) in [6.07, 6.45) is 9.92. The third kappa shape index (κ3) is 2.85. The van der Waals surface area contributed by atoms with Crippen LogP contribution in [0.5, 0.6) is 0 Å². The number of rotatable bonds is 3. The minimum absolute atomic E-state index is 0.169. The Morgan fingerprint density at radius 1 is 1.64 bits per heavy atom. The van der Waals surface area contributed by atoms with Gasteiger partial charge in [0, 0.05) is 12.3 Å². The highest BCUT2D eigenvalue weighted by Crippen LogP contribution is 2.29. The summed E-state index contributed by atoms with van der Waals surface area (Å²) in [6.45, 7) is 2.20. The lowest BCUT2D eigenvalue weighted by Crippen LogP contribution is -2.37. The van der Waals surface area contributed by atoms with Crippen molar-refractivity contribution in [2.75, 3.05) is 0 Å². The summed E-state index contributed by atoms with van der Waals surface area (Å²) in [4.78, 5) is 11.8. The molecule has 0 aromatic heterocycles. The standard InChI is InChI=1S/C12H19NO/c1-3-5-11(13)12(14)10-7-4-6-9(2)8-10/h1,9-11H,4-8,13H2,2H3. The van der Waals surface area contributed by atoms with Crippen LogP contribution in [0.2, 0.25) is 0 Å². The predicted octanol–water partition coefficient (Wildman–Crippen LogP) is 1.73. The molecule has 2 N–H and O–H groups in total. The quantitative estimate of drug-likeness (QED) is 0.694. The Balaban J connectivity index is 2.47. The van der Waals surface area contributed by atoms with Crippen LogP contribution in [0.15, 0.2) is 0 Å². The van der Waals surface area contributed by atoms with Crippen LogP contribution in [0.3, 0.4) is 0 Å². The molecule has 0 heterocycles. The lowest BCUT2D eigenvalue weighted by Gasteiger charge is -2.27. The number of carbonyl (C=O) groups excluding carboxylic acids is 1. The maximum absolute atomic E-state index is 11.8. The zero-order valence-electron chi connectivity index (χ0n) is 8.83. The van der Waals surface area contributed by atoms with Crippen LogP contribution in [0.25, 0.3) is 0 Å². The molecular formula is C12H19NO.